The minimum atomic E-state index is -0.987. The molecule has 0 saturated carbocycles. The van der Waals surface area contributed by atoms with Crippen LogP contribution in [0.5, 0.6) is 0 Å². The van der Waals surface area contributed by atoms with Gasteiger partial charge in [0.05, 0.1) is 10.0 Å². The molecule has 0 saturated heterocycles. The lowest BCUT2D eigenvalue weighted by molar-refractivity contribution is 0.0696. The number of carbonyl (C=O) groups is 1. The van der Waals surface area contributed by atoms with Gasteiger partial charge in [-0.3, -0.25) is 0 Å². The highest BCUT2D eigenvalue weighted by molar-refractivity contribution is 9.10. The molecule has 0 amide bonds. The lowest BCUT2D eigenvalue weighted by Crippen LogP contribution is -2.07. The Kier molecular flexibility index (Phi) is 5.21. The van der Waals surface area contributed by atoms with Gasteiger partial charge >= 0.3 is 5.97 Å². The number of rotatable bonds is 6. The van der Waals surface area contributed by atoms with E-state index in [-0.39, 0.29) is 5.56 Å². The van der Waals surface area contributed by atoms with E-state index in [1.807, 2.05) is 0 Å². The standard InChI is InChI=1S/C10H13BrN2O3/c1-16-4-2-3-12-9-8(11)5-7(6-13-9)10(14)15/h5-6H,2-4H2,1H3,(H,12,13)(H,14,15). The summed E-state index contributed by atoms with van der Waals surface area (Å²) in [6, 6.07) is 1.52. The Labute approximate surface area is 102 Å². The molecule has 5 nitrogen and oxygen atoms in total. The number of anilines is 1. The summed E-state index contributed by atoms with van der Waals surface area (Å²) in [5, 5.41) is 11.8. The molecule has 88 valence electrons. The van der Waals surface area contributed by atoms with Crippen molar-refractivity contribution >= 4 is 27.7 Å². The van der Waals surface area contributed by atoms with Crippen LogP contribution in [0.4, 0.5) is 5.82 Å². The van der Waals surface area contributed by atoms with Crippen LogP contribution in [-0.2, 0) is 4.74 Å². The fourth-order valence-corrected chi connectivity index (χ4v) is 1.60. The third kappa shape index (κ3) is 3.79. The van der Waals surface area contributed by atoms with Crippen molar-refractivity contribution in [2.75, 3.05) is 25.6 Å². The van der Waals surface area contributed by atoms with Gasteiger partial charge in [0.25, 0.3) is 0 Å². The molecule has 6 heteroatoms. The number of aromatic nitrogens is 1. The molecule has 0 aliphatic heterocycles. The summed E-state index contributed by atoms with van der Waals surface area (Å²) in [7, 11) is 1.65. The molecule has 0 atom stereocenters. The van der Waals surface area contributed by atoms with Gasteiger partial charge in [-0.2, -0.15) is 0 Å². The van der Waals surface area contributed by atoms with Crippen LogP contribution >= 0.6 is 15.9 Å². The van der Waals surface area contributed by atoms with Gasteiger partial charge in [0.1, 0.15) is 5.82 Å². The average Bonchev–Trinajstić information content (AvgIpc) is 2.26. The first kappa shape index (κ1) is 12.9. The molecular weight excluding hydrogens is 276 g/mol. The fraction of sp³-hybridized carbons (Fsp3) is 0.400. The van der Waals surface area contributed by atoms with E-state index in [1.165, 1.54) is 12.3 Å². The number of halogens is 1. The van der Waals surface area contributed by atoms with Gasteiger partial charge < -0.3 is 15.2 Å². The quantitative estimate of drug-likeness (QED) is 0.784. The van der Waals surface area contributed by atoms with Gasteiger partial charge in [0, 0.05) is 26.5 Å². The van der Waals surface area contributed by atoms with Crippen LogP contribution in [0.2, 0.25) is 0 Å². The van der Waals surface area contributed by atoms with Crippen molar-refractivity contribution in [3.63, 3.8) is 0 Å². The van der Waals surface area contributed by atoms with Crippen LogP contribution in [0, 0.1) is 0 Å². The second kappa shape index (κ2) is 6.44. The van der Waals surface area contributed by atoms with Crippen molar-refractivity contribution in [1.29, 1.82) is 0 Å². The van der Waals surface area contributed by atoms with Crippen molar-refractivity contribution < 1.29 is 14.6 Å². The van der Waals surface area contributed by atoms with Gasteiger partial charge in [0.2, 0.25) is 0 Å². The van der Waals surface area contributed by atoms with Crippen LogP contribution in [0.15, 0.2) is 16.7 Å². The Bertz CT molecular complexity index is 371. The SMILES string of the molecule is COCCCNc1ncc(C(=O)O)cc1Br. The number of pyridine rings is 1. The van der Waals surface area contributed by atoms with Crippen LogP contribution in [0.25, 0.3) is 0 Å². The minimum Gasteiger partial charge on any atom is -0.478 e. The molecule has 0 radical (unpaired) electrons. The molecule has 0 aliphatic carbocycles. The van der Waals surface area contributed by atoms with Gasteiger partial charge in [-0.05, 0) is 28.4 Å². The molecule has 0 aliphatic rings. The van der Waals surface area contributed by atoms with Gasteiger partial charge in [0.15, 0.2) is 0 Å². The van der Waals surface area contributed by atoms with E-state index in [0.29, 0.717) is 16.9 Å². The topological polar surface area (TPSA) is 71.5 Å². The van der Waals surface area contributed by atoms with Gasteiger partial charge in [-0.1, -0.05) is 0 Å². The van der Waals surface area contributed by atoms with Crippen molar-refractivity contribution in [3.8, 4) is 0 Å². The number of aromatic carboxylic acids is 1. The Balaban J connectivity index is 2.57. The number of nitrogens with one attached hydrogen (secondary N) is 1. The fourth-order valence-electron chi connectivity index (χ4n) is 1.11. The number of hydrogen-bond acceptors (Lipinski definition) is 4. The summed E-state index contributed by atoms with van der Waals surface area (Å²) in [4.78, 5) is 14.7. The molecule has 0 spiro atoms. The third-order valence-electron chi connectivity index (χ3n) is 1.91. The van der Waals surface area contributed by atoms with Crippen molar-refractivity contribution in [2.24, 2.45) is 0 Å². The van der Waals surface area contributed by atoms with E-state index in [4.69, 9.17) is 9.84 Å². The monoisotopic (exact) mass is 288 g/mol. The lowest BCUT2D eigenvalue weighted by Gasteiger charge is -2.07. The van der Waals surface area contributed by atoms with E-state index in [0.717, 1.165) is 13.0 Å². The molecule has 0 aromatic carbocycles. The maximum Gasteiger partial charge on any atom is 0.337 e. The van der Waals surface area contributed by atoms with E-state index < -0.39 is 5.97 Å². The number of ether oxygens (including phenoxy) is 1. The molecule has 2 N–H and O–H groups in total. The lowest BCUT2D eigenvalue weighted by atomic mass is 10.3. The summed E-state index contributed by atoms with van der Waals surface area (Å²) >= 11 is 3.27. The molecule has 1 heterocycles. The van der Waals surface area contributed by atoms with Crippen molar-refractivity contribution in [2.45, 2.75) is 6.42 Å². The highest BCUT2D eigenvalue weighted by atomic mass is 79.9. The predicted molar refractivity (Wildman–Crippen MR) is 63.9 cm³/mol. The van der Waals surface area contributed by atoms with Crippen LogP contribution < -0.4 is 5.32 Å². The first-order valence-corrected chi connectivity index (χ1v) is 5.56. The third-order valence-corrected chi connectivity index (χ3v) is 2.51. The van der Waals surface area contributed by atoms with Crippen LogP contribution in [0.1, 0.15) is 16.8 Å². The molecule has 1 aromatic heterocycles. The summed E-state index contributed by atoms with van der Waals surface area (Å²) in [5.41, 5.74) is 0.161. The number of carboxylic acids is 1. The first-order chi connectivity index (χ1) is 7.65. The summed E-state index contributed by atoms with van der Waals surface area (Å²) in [6.07, 6.45) is 2.19. The Morgan fingerprint density at radius 1 is 1.69 bits per heavy atom. The molecular formula is C10H13BrN2O3. The summed E-state index contributed by atoms with van der Waals surface area (Å²) in [6.45, 7) is 1.41. The highest BCUT2D eigenvalue weighted by Crippen LogP contribution is 2.20. The van der Waals surface area contributed by atoms with Crippen LogP contribution in [-0.4, -0.2) is 36.3 Å². The molecule has 0 unspecified atom stereocenters. The second-order valence-electron chi connectivity index (χ2n) is 3.13. The minimum absolute atomic E-state index is 0.161. The molecule has 16 heavy (non-hydrogen) atoms. The summed E-state index contributed by atoms with van der Waals surface area (Å²) in [5.74, 6) is -0.347. The predicted octanol–water partition coefficient (Wildman–Crippen LogP) is 1.99. The van der Waals surface area contributed by atoms with Crippen LogP contribution in [0.3, 0.4) is 0 Å². The number of nitrogens with zero attached hydrogens (tertiary/aromatic N) is 1. The van der Waals surface area contributed by atoms with E-state index in [1.54, 1.807) is 7.11 Å². The highest BCUT2D eigenvalue weighted by Gasteiger charge is 2.07. The number of methoxy groups -OCH3 is 1. The van der Waals surface area contributed by atoms with Crippen molar-refractivity contribution in [1.82, 2.24) is 4.98 Å². The van der Waals surface area contributed by atoms with Gasteiger partial charge in [-0.25, -0.2) is 9.78 Å². The Morgan fingerprint density at radius 2 is 2.44 bits per heavy atom. The largest absolute Gasteiger partial charge is 0.478 e. The molecule has 1 rings (SSSR count). The normalized spacial score (nSPS) is 10.1. The number of hydrogen-bond donors (Lipinski definition) is 2. The van der Waals surface area contributed by atoms with E-state index >= 15 is 0 Å². The van der Waals surface area contributed by atoms with E-state index in [2.05, 4.69) is 26.2 Å². The zero-order valence-corrected chi connectivity index (χ0v) is 10.5. The van der Waals surface area contributed by atoms with E-state index in [9.17, 15) is 4.79 Å². The summed E-state index contributed by atoms with van der Waals surface area (Å²) < 4.78 is 5.55. The maximum atomic E-state index is 10.7. The Morgan fingerprint density at radius 3 is 3.00 bits per heavy atom. The van der Waals surface area contributed by atoms with Crippen molar-refractivity contribution in [3.05, 3.63) is 22.3 Å². The maximum absolute atomic E-state index is 10.7. The molecule has 0 bridgehead atoms. The Hall–Kier alpha value is -1.14. The van der Waals surface area contributed by atoms with Gasteiger partial charge in [-0.15, -0.1) is 0 Å². The molecule has 0 fully saturated rings. The zero-order valence-electron chi connectivity index (χ0n) is 8.86. The average molecular weight is 289 g/mol. The molecule has 1 aromatic rings. The smallest absolute Gasteiger partial charge is 0.337 e. The number of carboxylic acid groups (broad SMARTS) is 1. The first-order valence-electron chi connectivity index (χ1n) is 4.77. The zero-order chi connectivity index (χ0) is 12.0. The second-order valence-corrected chi connectivity index (χ2v) is 3.99.